The molecule has 0 aliphatic heterocycles. The molecule has 0 heterocycles. The quantitative estimate of drug-likeness (QED) is 0.884. The molecule has 0 unspecified atom stereocenters. The van der Waals surface area contributed by atoms with Gasteiger partial charge in [0.15, 0.2) is 0 Å². The summed E-state index contributed by atoms with van der Waals surface area (Å²) in [5.41, 5.74) is 1.17. The molecule has 3 heteroatoms. The molecule has 4 aliphatic carbocycles. The van der Waals surface area contributed by atoms with Gasteiger partial charge in [0.25, 0.3) is 0 Å². The van der Waals surface area contributed by atoms with Crippen LogP contribution < -0.4 is 5.32 Å². The van der Waals surface area contributed by atoms with Gasteiger partial charge in [-0.2, -0.15) is 0 Å². The van der Waals surface area contributed by atoms with Crippen LogP contribution in [-0.2, 0) is 6.54 Å². The van der Waals surface area contributed by atoms with Crippen molar-refractivity contribution in [3.63, 3.8) is 0 Å². The maximum atomic E-state index is 10.8. The Hall–Kier alpha value is -0.380. The minimum Gasteiger partial charge on any atom is -0.390 e. The molecule has 0 saturated heterocycles. The van der Waals surface area contributed by atoms with E-state index in [1.165, 1.54) is 24.8 Å². The molecule has 20 heavy (non-hydrogen) atoms. The van der Waals surface area contributed by atoms with E-state index in [-0.39, 0.29) is 11.1 Å². The Morgan fingerprint density at radius 1 is 1.10 bits per heavy atom. The topological polar surface area (TPSA) is 32.3 Å². The zero-order valence-electron chi connectivity index (χ0n) is 11.7. The molecule has 4 saturated carbocycles. The van der Waals surface area contributed by atoms with E-state index in [0.29, 0.717) is 0 Å². The maximum absolute atomic E-state index is 10.8. The molecule has 0 spiro atoms. The molecule has 0 amide bonds. The Balaban J connectivity index is 1.49. The van der Waals surface area contributed by atoms with E-state index in [0.717, 1.165) is 42.1 Å². The van der Waals surface area contributed by atoms with Crippen LogP contribution in [0.2, 0.25) is 0 Å². The standard InChI is InChI=1S/C17H22BrNO/c18-15-3-1-12(2-4-15)10-19-16-6-13-5-14(7-16)9-17(20,8-13)11-16/h1-4,13-14,19-20H,5-11H2/t13-,14-,16?,17?/m0/s1. The summed E-state index contributed by atoms with van der Waals surface area (Å²) in [6.07, 6.45) is 6.94. The van der Waals surface area contributed by atoms with Gasteiger partial charge in [0.2, 0.25) is 0 Å². The first kappa shape index (κ1) is 13.3. The van der Waals surface area contributed by atoms with Crippen LogP contribution in [0.4, 0.5) is 0 Å². The molecule has 4 bridgehead atoms. The van der Waals surface area contributed by atoms with Crippen molar-refractivity contribution in [2.75, 3.05) is 0 Å². The van der Waals surface area contributed by atoms with Crippen LogP contribution in [0.5, 0.6) is 0 Å². The average molecular weight is 336 g/mol. The number of rotatable bonds is 3. The molecule has 2 nitrogen and oxygen atoms in total. The Kier molecular flexibility index (Phi) is 3.03. The highest BCUT2D eigenvalue weighted by Crippen LogP contribution is 2.57. The first-order valence-electron chi connectivity index (χ1n) is 7.76. The monoisotopic (exact) mass is 335 g/mol. The predicted octanol–water partition coefficient (Wildman–Crippen LogP) is 3.62. The Labute approximate surface area is 129 Å². The van der Waals surface area contributed by atoms with Gasteiger partial charge in [-0.3, -0.25) is 0 Å². The molecular weight excluding hydrogens is 314 g/mol. The lowest BCUT2D eigenvalue weighted by atomic mass is 9.51. The molecule has 4 fully saturated rings. The van der Waals surface area contributed by atoms with Crippen LogP contribution in [0.25, 0.3) is 0 Å². The van der Waals surface area contributed by atoms with Crippen molar-refractivity contribution in [3.05, 3.63) is 34.3 Å². The second-order valence-corrected chi connectivity index (χ2v) is 8.36. The SMILES string of the molecule is OC12C[C@H]3C[C@H](C1)CC(NCc1ccc(Br)cc1)(C3)C2. The summed E-state index contributed by atoms with van der Waals surface area (Å²) in [6.45, 7) is 0.919. The summed E-state index contributed by atoms with van der Waals surface area (Å²) in [4.78, 5) is 0. The fourth-order valence-corrected chi connectivity index (χ4v) is 5.58. The molecule has 108 valence electrons. The normalized spacial score (nSPS) is 42.1. The van der Waals surface area contributed by atoms with Crippen molar-refractivity contribution in [1.82, 2.24) is 5.32 Å². The van der Waals surface area contributed by atoms with Gasteiger partial charge in [0, 0.05) is 16.6 Å². The Morgan fingerprint density at radius 2 is 1.75 bits per heavy atom. The van der Waals surface area contributed by atoms with Gasteiger partial charge in [0.05, 0.1) is 5.60 Å². The van der Waals surface area contributed by atoms with Crippen molar-refractivity contribution >= 4 is 15.9 Å². The number of halogens is 1. The first-order chi connectivity index (χ1) is 9.54. The van der Waals surface area contributed by atoms with Crippen molar-refractivity contribution in [1.29, 1.82) is 0 Å². The van der Waals surface area contributed by atoms with Crippen LogP contribution in [0.1, 0.15) is 44.1 Å². The van der Waals surface area contributed by atoms with Crippen molar-refractivity contribution < 1.29 is 5.11 Å². The second kappa shape index (κ2) is 4.56. The number of hydrogen-bond acceptors (Lipinski definition) is 2. The summed E-state index contributed by atoms with van der Waals surface area (Å²) in [5, 5.41) is 14.6. The molecule has 2 N–H and O–H groups in total. The molecule has 1 aromatic carbocycles. The fourth-order valence-electron chi connectivity index (χ4n) is 5.31. The predicted molar refractivity (Wildman–Crippen MR) is 83.3 cm³/mol. The van der Waals surface area contributed by atoms with Crippen molar-refractivity contribution in [3.8, 4) is 0 Å². The summed E-state index contributed by atoms with van der Waals surface area (Å²) < 4.78 is 1.13. The van der Waals surface area contributed by atoms with Gasteiger partial charge < -0.3 is 10.4 Å². The van der Waals surface area contributed by atoms with Crippen LogP contribution in [0.3, 0.4) is 0 Å². The van der Waals surface area contributed by atoms with E-state index in [1.54, 1.807) is 0 Å². The van der Waals surface area contributed by atoms with Crippen LogP contribution in [-0.4, -0.2) is 16.2 Å². The minimum atomic E-state index is -0.364. The second-order valence-electron chi connectivity index (χ2n) is 7.45. The largest absolute Gasteiger partial charge is 0.390 e. The van der Waals surface area contributed by atoms with Gasteiger partial charge in [-0.1, -0.05) is 28.1 Å². The van der Waals surface area contributed by atoms with E-state index in [4.69, 9.17) is 0 Å². The van der Waals surface area contributed by atoms with Gasteiger partial charge in [0.1, 0.15) is 0 Å². The molecule has 0 radical (unpaired) electrons. The van der Waals surface area contributed by atoms with Gasteiger partial charge in [-0.05, 0) is 68.1 Å². The lowest BCUT2D eigenvalue weighted by molar-refractivity contribution is -0.142. The van der Waals surface area contributed by atoms with Crippen LogP contribution in [0, 0.1) is 11.8 Å². The number of nitrogens with one attached hydrogen (secondary N) is 1. The minimum absolute atomic E-state index is 0.200. The fraction of sp³-hybridized carbons (Fsp3) is 0.647. The van der Waals surface area contributed by atoms with Crippen molar-refractivity contribution in [2.45, 2.75) is 56.2 Å². The molecular formula is C17H22BrNO. The molecule has 4 aliphatic rings. The molecule has 1 aromatic rings. The van der Waals surface area contributed by atoms with Crippen LogP contribution >= 0.6 is 15.9 Å². The van der Waals surface area contributed by atoms with E-state index in [1.807, 2.05) is 0 Å². The summed E-state index contributed by atoms with van der Waals surface area (Å²) in [7, 11) is 0. The van der Waals surface area contributed by atoms with E-state index in [9.17, 15) is 5.11 Å². The van der Waals surface area contributed by atoms with Gasteiger partial charge >= 0.3 is 0 Å². The Bertz CT molecular complexity index is 498. The number of benzene rings is 1. The van der Waals surface area contributed by atoms with Crippen molar-refractivity contribution in [2.24, 2.45) is 11.8 Å². The molecule has 0 aromatic heterocycles. The average Bonchev–Trinajstić information content (AvgIpc) is 2.35. The lowest BCUT2D eigenvalue weighted by Gasteiger charge is -2.60. The number of aliphatic hydroxyl groups is 1. The molecule has 2 atom stereocenters. The highest BCUT2D eigenvalue weighted by atomic mass is 79.9. The lowest BCUT2D eigenvalue weighted by Crippen LogP contribution is -2.64. The zero-order valence-corrected chi connectivity index (χ0v) is 13.3. The van der Waals surface area contributed by atoms with E-state index >= 15 is 0 Å². The first-order valence-corrected chi connectivity index (χ1v) is 8.55. The molecule has 5 rings (SSSR count). The van der Waals surface area contributed by atoms with Gasteiger partial charge in [-0.15, -0.1) is 0 Å². The van der Waals surface area contributed by atoms with Crippen LogP contribution in [0.15, 0.2) is 28.7 Å². The third-order valence-electron chi connectivity index (χ3n) is 5.61. The Morgan fingerprint density at radius 3 is 2.35 bits per heavy atom. The smallest absolute Gasteiger partial charge is 0.0670 e. The van der Waals surface area contributed by atoms with E-state index in [2.05, 4.69) is 45.5 Å². The third-order valence-corrected chi connectivity index (χ3v) is 6.14. The highest BCUT2D eigenvalue weighted by molar-refractivity contribution is 9.10. The van der Waals surface area contributed by atoms with Gasteiger partial charge in [-0.25, -0.2) is 0 Å². The summed E-state index contributed by atoms with van der Waals surface area (Å²) in [5.74, 6) is 1.50. The summed E-state index contributed by atoms with van der Waals surface area (Å²) >= 11 is 3.48. The van der Waals surface area contributed by atoms with E-state index < -0.39 is 0 Å². The maximum Gasteiger partial charge on any atom is 0.0670 e. The zero-order chi connectivity index (χ0) is 13.8. The number of hydrogen-bond donors (Lipinski definition) is 2. The third kappa shape index (κ3) is 2.34. The highest BCUT2D eigenvalue weighted by Gasteiger charge is 2.56. The summed E-state index contributed by atoms with van der Waals surface area (Å²) in [6, 6.07) is 8.55.